The molecule has 0 bridgehead atoms. The van der Waals surface area contributed by atoms with E-state index in [0.717, 1.165) is 40.6 Å². The van der Waals surface area contributed by atoms with Crippen LogP contribution in [0.15, 0.2) is 34.9 Å². The molecule has 0 unspecified atom stereocenters. The van der Waals surface area contributed by atoms with Crippen LogP contribution in [0, 0.1) is 0 Å². The summed E-state index contributed by atoms with van der Waals surface area (Å²) in [7, 11) is 2.17. The van der Waals surface area contributed by atoms with Crippen molar-refractivity contribution in [1.29, 1.82) is 0 Å². The molecule has 0 N–H and O–H groups in total. The first kappa shape index (κ1) is 14.2. The summed E-state index contributed by atoms with van der Waals surface area (Å²) < 4.78 is 0.971. The van der Waals surface area contributed by atoms with E-state index in [1.807, 2.05) is 29.2 Å². The molecule has 6 heteroatoms. The Kier molecular flexibility index (Phi) is 3.27. The van der Waals surface area contributed by atoms with Gasteiger partial charge in [-0.15, -0.1) is 0 Å². The Balaban J connectivity index is 1.70. The third kappa shape index (κ3) is 2.25. The van der Waals surface area contributed by atoms with Crippen molar-refractivity contribution in [3.63, 3.8) is 0 Å². The van der Waals surface area contributed by atoms with Gasteiger partial charge >= 0.3 is 0 Å². The Morgan fingerprint density at radius 2 is 2.09 bits per heavy atom. The first-order valence-electron chi connectivity index (χ1n) is 7.64. The van der Waals surface area contributed by atoms with Gasteiger partial charge in [0.15, 0.2) is 7.98 Å². The molecule has 1 aliphatic heterocycles. The van der Waals surface area contributed by atoms with Crippen molar-refractivity contribution in [3.05, 3.63) is 40.5 Å². The van der Waals surface area contributed by atoms with Gasteiger partial charge in [-0.25, -0.2) is 0 Å². The molecule has 1 spiro atoms. The summed E-state index contributed by atoms with van der Waals surface area (Å²) in [5, 5.41) is 0.922. The topological polar surface area (TPSA) is 36.4 Å². The number of hydrogen-bond donors (Lipinski definition) is 0. The maximum atomic E-state index is 13.0. The van der Waals surface area contributed by atoms with Crippen molar-refractivity contribution >= 4 is 40.7 Å². The van der Waals surface area contributed by atoms with Gasteiger partial charge < -0.3 is 9.71 Å². The molecular weight excluding hydrogens is 341 g/mol. The van der Waals surface area contributed by atoms with E-state index < -0.39 is 0 Å². The summed E-state index contributed by atoms with van der Waals surface area (Å²) >= 11 is 3.49. The van der Waals surface area contributed by atoms with Gasteiger partial charge in [0.25, 0.3) is 5.91 Å². The zero-order valence-corrected chi connectivity index (χ0v) is 14.1. The molecule has 1 saturated heterocycles. The van der Waals surface area contributed by atoms with Crippen LogP contribution in [0.4, 0.5) is 0 Å². The molecule has 112 valence electrons. The van der Waals surface area contributed by atoms with Crippen molar-refractivity contribution < 1.29 is 4.79 Å². The van der Waals surface area contributed by atoms with Gasteiger partial charge in [0.05, 0.1) is 11.1 Å². The minimum absolute atomic E-state index is 0.130. The molecule has 22 heavy (non-hydrogen) atoms. The van der Waals surface area contributed by atoms with E-state index in [2.05, 4.69) is 33.7 Å². The van der Waals surface area contributed by atoms with Crippen LogP contribution in [0.3, 0.4) is 0 Å². The van der Waals surface area contributed by atoms with Gasteiger partial charge in [-0.05, 0) is 37.1 Å². The minimum Gasteiger partial charge on any atom is -0.341 e. The lowest BCUT2D eigenvalue weighted by atomic mass is 10.0. The van der Waals surface area contributed by atoms with E-state index >= 15 is 0 Å². The summed E-state index contributed by atoms with van der Waals surface area (Å²) in [6.07, 6.45) is 4.14. The highest BCUT2D eigenvalue weighted by molar-refractivity contribution is 9.10. The Labute approximate surface area is 139 Å². The number of hydrogen-bond acceptors (Lipinski definition) is 3. The highest BCUT2D eigenvalue weighted by atomic mass is 79.9. The van der Waals surface area contributed by atoms with E-state index in [1.54, 1.807) is 6.20 Å². The van der Waals surface area contributed by atoms with E-state index in [0.29, 0.717) is 0 Å². The average Bonchev–Trinajstić information content (AvgIpc) is 3.29. The molecule has 2 heterocycles. The molecule has 2 aliphatic rings. The summed E-state index contributed by atoms with van der Waals surface area (Å²) in [5.41, 5.74) is 1.87. The molecule has 2 fully saturated rings. The minimum atomic E-state index is 0.130. The predicted octanol–water partition coefficient (Wildman–Crippen LogP) is 1.84. The van der Waals surface area contributed by atoms with E-state index in [1.165, 1.54) is 12.8 Å². The largest absolute Gasteiger partial charge is 0.341 e. The Hall–Kier alpha value is -1.40. The van der Waals surface area contributed by atoms with Crippen LogP contribution < -0.4 is 0 Å². The van der Waals surface area contributed by atoms with Gasteiger partial charge in [0.2, 0.25) is 0 Å². The fourth-order valence-corrected chi connectivity index (χ4v) is 3.76. The number of carbonyl (C=O) groups excluding carboxylic acids is 1. The number of piperazine rings is 1. The predicted molar refractivity (Wildman–Crippen MR) is 92.6 cm³/mol. The third-order valence-corrected chi connectivity index (χ3v) is 5.54. The average molecular weight is 358 g/mol. The maximum absolute atomic E-state index is 13.0. The van der Waals surface area contributed by atoms with Crippen LogP contribution in [0.2, 0.25) is 0 Å². The van der Waals surface area contributed by atoms with Crippen LogP contribution in [0.25, 0.3) is 10.9 Å². The summed E-state index contributed by atoms with van der Waals surface area (Å²) in [6.45, 7) is 2.60. The van der Waals surface area contributed by atoms with E-state index in [9.17, 15) is 4.79 Å². The van der Waals surface area contributed by atoms with Gasteiger partial charge in [0, 0.05) is 41.2 Å². The molecular formula is C16H17BBrN3O. The van der Waals surface area contributed by atoms with Gasteiger partial charge in [-0.2, -0.15) is 0 Å². The molecule has 1 saturated carbocycles. The first-order valence-corrected chi connectivity index (χ1v) is 8.43. The highest BCUT2D eigenvalue weighted by Gasteiger charge is 2.49. The van der Waals surface area contributed by atoms with E-state index in [4.69, 9.17) is 0 Å². The zero-order chi connectivity index (χ0) is 15.3. The molecule has 0 atom stereocenters. The second-order valence-electron chi connectivity index (χ2n) is 6.39. The molecule has 1 amide bonds. The maximum Gasteiger partial charge on any atom is 0.254 e. The number of pyridine rings is 1. The monoisotopic (exact) mass is 357 g/mol. The van der Waals surface area contributed by atoms with Crippen molar-refractivity contribution in [2.24, 2.45) is 0 Å². The normalized spacial score (nSPS) is 20.5. The number of carbonyl (C=O) groups is 1. The Bertz CT molecular complexity index is 762. The number of rotatable bonds is 1. The number of aromatic nitrogens is 1. The van der Waals surface area contributed by atoms with Crippen LogP contribution in [0.1, 0.15) is 23.2 Å². The van der Waals surface area contributed by atoms with Crippen molar-refractivity contribution in [2.75, 3.05) is 19.6 Å². The number of benzene rings is 1. The third-order valence-electron chi connectivity index (χ3n) is 5.05. The summed E-state index contributed by atoms with van der Waals surface area (Å²) in [5.74, 6) is 0.130. The standard InChI is InChI=1S/C16H17BBrN3O/c17-21-8-7-20(10-16(21)4-5-16)15(22)12-3-6-19-14-2-1-11(18)9-13(12)14/h1-3,6,9H,4-5,7-8,10,17H2. The number of amides is 1. The molecule has 0 radical (unpaired) electrons. The fourth-order valence-electron chi connectivity index (χ4n) is 3.40. The first-order chi connectivity index (χ1) is 10.6. The fraction of sp³-hybridized carbons (Fsp3) is 0.375. The smallest absolute Gasteiger partial charge is 0.254 e. The van der Waals surface area contributed by atoms with Gasteiger partial charge in [0.1, 0.15) is 0 Å². The summed E-state index contributed by atoms with van der Waals surface area (Å²) in [6, 6.07) is 7.73. The van der Waals surface area contributed by atoms with E-state index in [-0.39, 0.29) is 11.4 Å². The van der Waals surface area contributed by atoms with Crippen molar-refractivity contribution in [3.8, 4) is 0 Å². The lowest BCUT2D eigenvalue weighted by Crippen LogP contribution is -2.55. The van der Waals surface area contributed by atoms with Crippen molar-refractivity contribution in [2.45, 2.75) is 18.4 Å². The second-order valence-corrected chi connectivity index (χ2v) is 7.31. The lowest BCUT2D eigenvalue weighted by Gasteiger charge is -2.40. The lowest BCUT2D eigenvalue weighted by molar-refractivity contribution is 0.0605. The zero-order valence-electron chi connectivity index (χ0n) is 12.6. The quantitative estimate of drug-likeness (QED) is 0.730. The summed E-state index contributed by atoms with van der Waals surface area (Å²) in [4.78, 5) is 21.8. The Morgan fingerprint density at radius 3 is 2.86 bits per heavy atom. The number of fused-ring (bicyclic) bond motifs is 1. The molecule has 4 nitrogen and oxygen atoms in total. The van der Waals surface area contributed by atoms with Crippen molar-refractivity contribution in [1.82, 2.24) is 14.7 Å². The molecule has 1 aliphatic carbocycles. The van der Waals surface area contributed by atoms with Crippen LogP contribution in [0.5, 0.6) is 0 Å². The van der Waals surface area contributed by atoms with Crippen LogP contribution in [-0.2, 0) is 0 Å². The molecule has 1 aromatic heterocycles. The number of nitrogens with zero attached hydrogens (tertiary/aromatic N) is 3. The van der Waals surface area contributed by atoms with Gasteiger partial charge in [-0.3, -0.25) is 9.78 Å². The highest BCUT2D eigenvalue weighted by Crippen LogP contribution is 2.43. The molecule has 4 rings (SSSR count). The number of halogens is 1. The van der Waals surface area contributed by atoms with Crippen LogP contribution in [-0.4, -0.2) is 53.8 Å². The second kappa shape index (κ2) is 5.06. The molecule has 1 aromatic carbocycles. The SMILES string of the molecule is BN1CCN(C(=O)c2ccnc3ccc(Br)cc23)CC12CC2. The Morgan fingerprint density at radius 1 is 1.27 bits per heavy atom. The van der Waals surface area contributed by atoms with Gasteiger partial charge in [-0.1, -0.05) is 15.9 Å². The van der Waals surface area contributed by atoms with Crippen LogP contribution >= 0.6 is 15.9 Å². The molecule has 2 aromatic rings.